The molecule has 0 aromatic carbocycles. The lowest BCUT2D eigenvalue weighted by Crippen LogP contribution is -2.30. The SMILES string of the molecule is Cc1ncsc1CCC(=O)N1C[C@@H](C(=O)O)[C@H](c2cccnc2)C1. The van der Waals surface area contributed by atoms with E-state index in [-0.39, 0.29) is 18.4 Å². The summed E-state index contributed by atoms with van der Waals surface area (Å²) < 4.78 is 0. The molecule has 7 heteroatoms. The summed E-state index contributed by atoms with van der Waals surface area (Å²) in [4.78, 5) is 35.1. The van der Waals surface area contributed by atoms with Gasteiger partial charge in [-0.05, 0) is 25.0 Å². The second-order valence-electron chi connectivity index (χ2n) is 6.00. The summed E-state index contributed by atoms with van der Waals surface area (Å²) in [6.07, 6.45) is 4.39. The zero-order chi connectivity index (χ0) is 17.1. The van der Waals surface area contributed by atoms with Crippen molar-refractivity contribution in [1.82, 2.24) is 14.9 Å². The molecule has 6 nitrogen and oxygen atoms in total. The second kappa shape index (κ2) is 7.09. The minimum Gasteiger partial charge on any atom is -0.481 e. The number of hydrogen-bond acceptors (Lipinski definition) is 5. The van der Waals surface area contributed by atoms with E-state index in [0.29, 0.717) is 19.4 Å². The van der Waals surface area contributed by atoms with Crippen molar-refractivity contribution in [2.45, 2.75) is 25.7 Å². The number of carboxylic acid groups (broad SMARTS) is 1. The molecule has 2 aromatic rings. The first kappa shape index (κ1) is 16.6. The fraction of sp³-hybridized carbons (Fsp3) is 0.412. The van der Waals surface area contributed by atoms with Crippen LogP contribution in [-0.4, -0.2) is 44.9 Å². The predicted molar refractivity (Wildman–Crippen MR) is 89.9 cm³/mol. The molecule has 2 atom stereocenters. The molecule has 1 aliphatic heterocycles. The summed E-state index contributed by atoms with van der Waals surface area (Å²) in [5.74, 6) is -1.65. The molecule has 0 radical (unpaired) electrons. The van der Waals surface area contributed by atoms with Crippen LogP contribution in [0.1, 0.15) is 28.5 Å². The fourth-order valence-electron chi connectivity index (χ4n) is 3.14. The number of carboxylic acids is 1. The van der Waals surface area contributed by atoms with Gasteiger partial charge in [0, 0.05) is 42.7 Å². The monoisotopic (exact) mass is 345 g/mol. The third-order valence-corrected chi connectivity index (χ3v) is 5.51. The van der Waals surface area contributed by atoms with Crippen molar-refractivity contribution < 1.29 is 14.7 Å². The molecular weight excluding hydrogens is 326 g/mol. The van der Waals surface area contributed by atoms with E-state index in [4.69, 9.17) is 0 Å². The normalized spacial score (nSPS) is 20.3. The molecule has 3 rings (SSSR count). The van der Waals surface area contributed by atoms with Gasteiger partial charge >= 0.3 is 5.97 Å². The zero-order valence-corrected chi connectivity index (χ0v) is 14.2. The summed E-state index contributed by atoms with van der Waals surface area (Å²) in [6, 6.07) is 3.67. The maximum Gasteiger partial charge on any atom is 0.308 e. The summed E-state index contributed by atoms with van der Waals surface area (Å²) in [7, 11) is 0. The van der Waals surface area contributed by atoms with Crippen LogP contribution in [-0.2, 0) is 16.0 Å². The molecule has 0 aliphatic carbocycles. The molecular formula is C17H19N3O3S. The van der Waals surface area contributed by atoms with Crippen LogP contribution in [0.25, 0.3) is 0 Å². The fourth-order valence-corrected chi connectivity index (χ4v) is 3.92. The van der Waals surface area contributed by atoms with E-state index >= 15 is 0 Å². The second-order valence-corrected chi connectivity index (χ2v) is 6.94. The lowest BCUT2D eigenvalue weighted by Gasteiger charge is -2.16. The first-order valence-corrected chi connectivity index (χ1v) is 8.73. The Morgan fingerprint density at radius 2 is 2.25 bits per heavy atom. The quantitative estimate of drug-likeness (QED) is 0.897. The van der Waals surface area contributed by atoms with Crippen LogP contribution < -0.4 is 0 Å². The molecule has 1 saturated heterocycles. The number of aromatic nitrogens is 2. The Morgan fingerprint density at radius 3 is 2.88 bits per heavy atom. The van der Waals surface area contributed by atoms with Crippen molar-refractivity contribution >= 4 is 23.2 Å². The largest absolute Gasteiger partial charge is 0.481 e. The Morgan fingerprint density at radius 1 is 1.42 bits per heavy atom. The lowest BCUT2D eigenvalue weighted by molar-refractivity contribution is -0.141. The minimum absolute atomic E-state index is 0.000408. The average Bonchev–Trinajstić information content (AvgIpc) is 3.20. The number of thiazole rings is 1. The topological polar surface area (TPSA) is 83.4 Å². The summed E-state index contributed by atoms with van der Waals surface area (Å²) in [5, 5.41) is 9.50. The number of nitrogens with zero attached hydrogens (tertiary/aromatic N) is 3. The van der Waals surface area contributed by atoms with Crippen molar-refractivity contribution in [2.75, 3.05) is 13.1 Å². The van der Waals surface area contributed by atoms with Gasteiger partial charge in [-0.2, -0.15) is 0 Å². The maximum absolute atomic E-state index is 12.5. The van der Waals surface area contributed by atoms with Crippen molar-refractivity contribution in [2.24, 2.45) is 5.92 Å². The van der Waals surface area contributed by atoms with Crippen LogP contribution in [0.5, 0.6) is 0 Å². The van der Waals surface area contributed by atoms with Crippen molar-refractivity contribution in [3.8, 4) is 0 Å². The number of hydrogen-bond donors (Lipinski definition) is 1. The van der Waals surface area contributed by atoms with Gasteiger partial charge in [-0.25, -0.2) is 4.98 Å². The average molecular weight is 345 g/mol. The van der Waals surface area contributed by atoms with Gasteiger partial charge in [-0.15, -0.1) is 11.3 Å². The van der Waals surface area contributed by atoms with Gasteiger partial charge in [0.15, 0.2) is 0 Å². The number of amides is 1. The van der Waals surface area contributed by atoms with Crippen LogP contribution in [0, 0.1) is 12.8 Å². The molecule has 24 heavy (non-hydrogen) atoms. The number of carbonyl (C=O) groups is 2. The van der Waals surface area contributed by atoms with Crippen LogP contribution in [0.15, 0.2) is 30.0 Å². The summed E-state index contributed by atoms with van der Waals surface area (Å²) in [5.41, 5.74) is 3.62. The van der Waals surface area contributed by atoms with E-state index in [0.717, 1.165) is 16.1 Å². The van der Waals surface area contributed by atoms with Gasteiger partial charge in [0.2, 0.25) is 5.91 Å². The number of aryl methyl sites for hydroxylation is 2. The van der Waals surface area contributed by atoms with Gasteiger partial charge in [-0.1, -0.05) is 6.07 Å². The zero-order valence-electron chi connectivity index (χ0n) is 13.4. The highest BCUT2D eigenvalue weighted by Crippen LogP contribution is 2.33. The van der Waals surface area contributed by atoms with Crippen molar-refractivity contribution in [1.29, 1.82) is 0 Å². The van der Waals surface area contributed by atoms with Crippen LogP contribution >= 0.6 is 11.3 Å². The Hall–Kier alpha value is -2.28. The van der Waals surface area contributed by atoms with Gasteiger partial charge < -0.3 is 10.0 Å². The van der Waals surface area contributed by atoms with E-state index in [1.54, 1.807) is 40.2 Å². The Labute approximate surface area is 144 Å². The molecule has 0 unspecified atom stereocenters. The highest BCUT2D eigenvalue weighted by molar-refractivity contribution is 7.09. The molecule has 0 bridgehead atoms. The number of rotatable bonds is 5. The highest BCUT2D eigenvalue weighted by atomic mass is 32.1. The third-order valence-electron chi connectivity index (χ3n) is 4.51. The molecule has 2 aromatic heterocycles. The Bertz CT molecular complexity index is 732. The van der Waals surface area contributed by atoms with Crippen molar-refractivity contribution in [3.63, 3.8) is 0 Å². The molecule has 0 spiro atoms. The van der Waals surface area contributed by atoms with E-state index in [1.807, 2.05) is 13.0 Å². The molecule has 0 saturated carbocycles. The third kappa shape index (κ3) is 3.46. The van der Waals surface area contributed by atoms with E-state index in [1.165, 1.54) is 0 Å². The van der Waals surface area contributed by atoms with Gasteiger partial charge in [0.1, 0.15) is 0 Å². The standard InChI is InChI=1S/C17H19N3O3S/c1-11-15(24-10-19-11)4-5-16(21)20-8-13(14(9-20)17(22)23)12-3-2-6-18-7-12/h2-3,6-7,10,13-14H,4-5,8-9H2,1H3,(H,22,23)/t13-,14+/m0/s1. The summed E-state index contributed by atoms with van der Waals surface area (Å²) >= 11 is 1.55. The number of likely N-dealkylation sites (tertiary alicyclic amines) is 1. The van der Waals surface area contributed by atoms with E-state index < -0.39 is 11.9 Å². The minimum atomic E-state index is -0.863. The summed E-state index contributed by atoms with van der Waals surface area (Å²) in [6.45, 7) is 2.63. The van der Waals surface area contributed by atoms with Crippen LogP contribution in [0.4, 0.5) is 0 Å². The van der Waals surface area contributed by atoms with Gasteiger partial charge in [0.05, 0.1) is 17.1 Å². The first-order valence-electron chi connectivity index (χ1n) is 7.85. The van der Waals surface area contributed by atoms with Crippen LogP contribution in [0.2, 0.25) is 0 Å². The molecule has 1 aliphatic rings. The first-order chi connectivity index (χ1) is 11.6. The van der Waals surface area contributed by atoms with Crippen LogP contribution in [0.3, 0.4) is 0 Å². The van der Waals surface area contributed by atoms with Gasteiger partial charge in [0.25, 0.3) is 0 Å². The number of aliphatic carboxylic acids is 1. The molecule has 1 amide bonds. The number of pyridine rings is 1. The molecule has 1 N–H and O–H groups in total. The molecule has 126 valence electrons. The number of carbonyl (C=O) groups excluding carboxylic acids is 1. The molecule has 1 fully saturated rings. The van der Waals surface area contributed by atoms with E-state index in [9.17, 15) is 14.7 Å². The lowest BCUT2D eigenvalue weighted by atomic mass is 9.90. The Kier molecular flexibility index (Phi) is 4.89. The Balaban J connectivity index is 1.67. The smallest absolute Gasteiger partial charge is 0.308 e. The van der Waals surface area contributed by atoms with E-state index in [2.05, 4.69) is 9.97 Å². The highest BCUT2D eigenvalue weighted by Gasteiger charge is 2.40. The van der Waals surface area contributed by atoms with Gasteiger partial charge in [-0.3, -0.25) is 14.6 Å². The molecule has 3 heterocycles. The predicted octanol–water partition coefficient (Wildman–Crippen LogP) is 2.11. The maximum atomic E-state index is 12.5. The van der Waals surface area contributed by atoms with Crippen molar-refractivity contribution in [3.05, 3.63) is 46.2 Å².